The van der Waals surface area contributed by atoms with Crippen LogP contribution in [0.3, 0.4) is 0 Å². The Kier molecular flexibility index (Phi) is 5.93. The molecule has 1 aromatic heterocycles. The van der Waals surface area contributed by atoms with E-state index in [-0.39, 0.29) is 18.5 Å². The molecule has 0 saturated carbocycles. The molecule has 0 radical (unpaired) electrons. The van der Waals surface area contributed by atoms with E-state index in [1.807, 2.05) is 77.2 Å². The lowest BCUT2D eigenvalue weighted by Gasteiger charge is -2.39. The first-order valence-electron chi connectivity index (χ1n) is 12.1. The second-order valence-corrected chi connectivity index (χ2v) is 9.80. The van der Waals surface area contributed by atoms with Crippen molar-refractivity contribution in [2.75, 3.05) is 7.05 Å². The Bertz CT molecular complexity index is 1340. The van der Waals surface area contributed by atoms with Crippen LogP contribution in [0.5, 0.6) is 0 Å². The van der Waals surface area contributed by atoms with Gasteiger partial charge in [0.25, 0.3) is 0 Å². The van der Waals surface area contributed by atoms with Crippen molar-refractivity contribution in [3.8, 4) is 0 Å². The monoisotopic (exact) mass is 466 g/mol. The summed E-state index contributed by atoms with van der Waals surface area (Å²) in [5.74, 6) is -0.748. The predicted molar refractivity (Wildman–Crippen MR) is 137 cm³/mol. The number of hydrogen-bond acceptors (Lipinski definition) is 2. The highest BCUT2D eigenvalue weighted by Gasteiger charge is 2.42. The van der Waals surface area contributed by atoms with Gasteiger partial charge in [0.05, 0.1) is 11.5 Å². The minimum atomic E-state index is -0.855. The highest BCUT2D eigenvalue weighted by atomic mass is 16.4. The molecule has 1 amide bonds. The molecule has 0 bridgehead atoms. The average Bonchev–Trinajstić information content (AvgIpc) is 3.17. The third kappa shape index (κ3) is 4.12. The third-order valence-electron chi connectivity index (χ3n) is 7.42. The molecule has 1 unspecified atom stereocenters. The van der Waals surface area contributed by atoms with E-state index in [0.29, 0.717) is 19.3 Å². The van der Waals surface area contributed by atoms with Crippen molar-refractivity contribution in [2.24, 2.45) is 5.41 Å². The molecular formula is C30H30N2O3. The van der Waals surface area contributed by atoms with Crippen LogP contribution in [0.15, 0.2) is 84.9 Å². The molecule has 4 aromatic rings. The molecule has 0 fully saturated rings. The van der Waals surface area contributed by atoms with Gasteiger partial charge in [-0.05, 0) is 42.0 Å². The molecule has 0 aliphatic heterocycles. The van der Waals surface area contributed by atoms with Crippen LogP contribution in [0.1, 0.15) is 41.8 Å². The summed E-state index contributed by atoms with van der Waals surface area (Å²) in [6.07, 6.45) is 1.94. The molecule has 3 aromatic carbocycles. The van der Waals surface area contributed by atoms with Crippen molar-refractivity contribution in [2.45, 2.75) is 38.8 Å². The van der Waals surface area contributed by atoms with Crippen molar-refractivity contribution < 1.29 is 14.7 Å². The van der Waals surface area contributed by atoms with Gasteiger partial charge in [-0.1, -0.05) is 85.8 Å². The smallest absolute Gasteiger partial charge is 0.323 e. The summed E-state index contributed by atoms with van der Waals surface area (Å²) < 4.78 is 1.91. The summed E-state index contributed by atoms with van der Waals surface area (Å²) in [4.78, 5) is 27.6. The Morgan fingerprint density at radius 1 is 0.943 bits per heavy atom. The molecule has 1 heterocycles. The molecule has 0 spiro atoms. The van der Waals surface area contributed by atoms with E-state index in [2.05, 4.69) is 31.2 Å². The van der Waals surface area contributed by atoms with Gasteiger partial charge in [0.1, 0.15) is 6.54 Å². The standard InChI is InChI=1S/C30H30N2O3/c1-30(18-17-26-24(19-30)23-15-9-10-16-25(23)32(26)20-27(33)34)29(35)31(2)28(21-11-5-3-6-12-21)22-13-7-4-8-14-22/h3-16,28H,17-20H2,1-2H3,(H,33,34). The molecule has 1 N–H and O–H groups in total. The summed E-state index contributed by atoms with van der Waals surface area (Å²) in [6, 6.07) is 28.1. The Hall–Kier alpha value is -3.86. The van der Waals surface area contributed by atoms with Crippen LogP contribution in [-0.2, 0) is 29.0 Å². The fourth-order valence-corrected chi connectivity index (χ4v) is 5.74. The van der Waals surface area contributed by atoms with Gasteiger partial charge in [-0.3, -0.25) is 9.59 Å². The fraction of sp³-hybridized carbons (Fsp3) is 0.267. The number of nitrogens with zero attached hydrogens (tertiary/aromatic N) is 2. The zero-order valence-electron chi connectivity index (χ0n) is 20.1. The van der Waals surface area contributed by atoms with E-state index >= 15 is 0 Å². The van der Waals surface area contributed by atoms with Crippen LogP contribution < -0.4 is 0 Å². The first-order valence-corrected chi connectivity index (χ1v) is 12.1. The highest BCUT2D eigenvalue weighted by Crippen LogP contribution is 2.43. The zero-order valence-corrected chi connectivity index (χ0v) is 20.1. The molecule has 1 aliphatic carbocycles. The topological polar surface area (TPSA) is 62.5 Å². The molecular weight excluding hydrogens is 436 g/mol. The minimum Gasteiger partial charge on any atom is -0.480 e. The third-order valence-corrected chi connectivity index (χ3v) is 7.42. The van der Waals surface area contributed by atoms with E-state index in [9.17, 15) is 14.7 Å². The normalized spacial score (nSPS) is 17.3. The number of benzene rings is 3. The lowest BCUT2D eigenvalue weighted by molar-refractivity contribution is -0.142. The lowest BCUT2D eigenvalue weighted by atomic mass is 9.73. The lowest BCUT2D eigenvalue weighted by Crippen LogP contribution is -2.45. The number of aliphatic carboxylic acids is 1. The number of para-hydroxylation sites is 1. The van der Waals surface area contributed by atoms with Crippen LogP contribution in [0.4, 0.5) is 0 Å². The summed E-state index contributed by atoms with van der Waals surface area (Å²) >= 11 is 0. The number of fused-ring (bicyclic) bond motifs is 3. The highest BCUT2D eigenvalue weighted by molar-refractivity contribution is 5.90. The Morgan fingerprint density at radius 2 is 1.51 bits per heavy atom. The van der Waals surface area contributed by atoms with Gasteiger partial charge in [0.15, 0.2) is 0 Å². The molecule has 1 atom stereocenters. The summed E-state index contributed by atoms with van der Waals surface area (Å²) in [7, 11) is 1.90. The molecule has 5 heteroatoms. The van der Waals surface area contributed by atoms with Crippen molar-refractivity contribution in [1.29, 1.82) is 0 Å². The van der Waals surface area contributed by atoms with Crippen LogP contribution in [-0.4, -0.2) is 33.5 Å². The van der Waals surface area contributed by atoms with Crippen LogP contribution in [0.2, 0.25) is 0 Å². The second-order valence-electron chi connectivity index (χ2n) is 9.80. The number of aromatic nitrogens is 1. The van der Waals surface area contributed by atoms with Crippen LogP contribution in [0.25, 0.3) is 10.9 Å². The number of amides is 1. The van der Waals surface area contributed by atoms with Crippen molar-refractivity contribution in [3.63, 3.8) is 0 Å². The Morgan fingerprint density at radius 3 is 2.11 bits per heavy atom. The predicted octanol–water partition coefficient (Wildman–Crippen LogP) is 5.47. The van der Waals surface area contributed by atoms with Gasteiger partial charge in [0, 0.05) is 23.6 Å². The second kappa shape index (κ2) is 9.06. The number of hydrogen-bond donors (Lipinski definition) is 1. The quantitative estimate of drug-likeness (QED) is 0.410. The Labute approximate surface area is 205 Å². The van der Waals surface area contributed by atoms with E-state index in [1.165, 1.54) is 0 Å². The first kappa shape index (κ1) is 22.9. The largest absolute Gasteiger partial charge is 0.480 e. The molecule has 35 heavy (non-hydrogen) atoms. The average molecular weight is 467 g/mol. The summed E-state index contributed by atoms with van der Waals surface area (Å²) in [5, 5.41) is 10.6. The van der Waals surface area contributed by atoms with Crippen molar-refractivity contribution in [3.05, 3.63) is 107 Å². The van der Waals surface area contributed by atoms with Crippen LogP contribution >= 0.6 is 0 Å². The number of carboxylic acid groups (broad SMARTS) is 1. The van der Waals surface area contributed by atoms with Gasteiger partial charge in [0.2, 0.25) is 5.91 Å². The molecule has 5 rings (SSSR count). The number of carboxylic acids is 1. The van der Waals surface area contributed by atoms with Gasteiger partial charge in [-0.25, -0.2) is 0 Å². The molecule has 1 aliphatic rings. The maximum atomic E-state index is 14.2. The maximum Gasteiger partial charge on any atom is 0.323 e. The molecule has 5 nitrogen and oxygen atoms in total. The van der Waals surface area contributed by atoms with Crippen molar-refractivity contribution >= 4 is 22.8 Å². The number of carbonyl (C=O) groups is 2. The fourth-order valence-electron chi connectivity index (χ4n) is 5.74. The molecule has 0 saturated heterocycles. The van der Waals surface area contributed by atoms with E-state index < -0.39 is 11.4 Å². The number of carbonyl (C=O) groups excluding carboxylic acids is 1. The zero-order chi connectivity index (χ0) is 24.6. The van der Waals surface area contributed by atoms with E-state index in [0.717, 1.165) is 33.3 Å². The van der Waals surface area contributed by atoms with Gasteiger partial charge >= 0.3 is 5.97 Å². The first-order chi connectivity index (χ1) is 16.9. The van der Waals surface area contributed by atoms with E-state index in [4.69, 9.17) is 0 Å². The Balaban J connectivity index is 1.52. The number of rotatable bonds is 6. The summed E-state index contributed by atoms with van der Waals surface area (Å²) in [6.45, 7) is 2.00. The SMILES string of the molecule is CN(C(=O)C1(C)CCc2c(c3ccccc3n2CC(=O)O)C1)C(c1ccccc1)c1ccccc1. The van der Waals surface area contributed by atoms with Crippen molar-refractivity contribution in [1.82, 2.24) is 9.47 Å². The van der Waals surface area contributed by atoms with Crippen LogP contribution in [0, 0.1) is 5.41 Å². The minimum absolute atomic E-state index is 0.0650. The van der Waals surface area contributed by atoms with Gasteiger partial charge in [-0.15, -0.1) is 0 Å². The maximum absolute atomic E-state index is 14.2. The van der Waals surface area contributed by atoms with E-state index in [1.54, 1.807) is 0 Å². The summed E-state index contributed by atoms with van der Waals surface area (Å²) in [5.41, 5.74) is 4.65. The van der Waals surface area contributed by atoms with Gasteiger partial charge < -0.3 is 14.6 Å². The van der Waals surface area contributed by atoms with Gasteiger partial charge in [-0.2, -0.15) is 0 Å². The molecule has 178 valence electrons.